The third-order valence-electron chi connectivity index (χ3n) is 5.93. The topological polar surface area (TPSA) is 136 Å². The molecule has 202 valence electrons. The maximum atomic E-state index is 14.8. The van der Waals surface area contributed by atoms with Crippen molar-refractivity contribution in [1.29, 1.82) is 15.8 Å². The first-order valence-electron chi connectivity index (χ1n) is 10.4. The number of hydrogen-bond acceptors (Lipinski definition) is 8. The number of rotatable bonds is 3. The van der Waals surface area contributed by atoms with E-state index in [9.17, 15) is 51.7 Å². The average molecular weight is 534 g/mol. The van der Waals surface area contributed by atoms with E-state index in [1.807, 2.05) is 0 Å². The van der Waals surface area contributed by atoms with E-state index in [0.717, 1.165) is 12.1 Å². The number of carbonyl (C=O) groups is 2. The summed E-state index contributed by atoms with van der Waals surface area (Å²) in [4.78, 5) is 29.9. The smallest absolute Gasteiger partial charge is 0.416 e. The highest BCUT2D eigenvalue weighted by Gasteiger charge is 2.91. The molecule has 0 aromatic carbocycles. The molecular formula is C23H24F6N4O4. The van der Waals surface area contributed by atoms with Gasteiger partial charge in [0.15, 0.2) is 0 Å². The minimum absolute atomic E-state index is 0.243. The van der Waals surface area contributed by atoms with E-state index < -0.39 is 62.6 Å². The predicted octanol–water partition coefficient (Wildman–Crippen LogP) is 4.79. The number of nitriles is 3. The van der Waals surface area contributed by atoms with Gasteiger partial charge in [-0.05, 0) is 0 Å². The zero-order valence-electron chi connectivity index (χ0n) is 21.2. The molecule has 14 heteroatoms. The van der Waals surface area contributed by atoms with E-state index in [1.165, 1.54) is 41.5 Å². The number of aliphatic imine (C=N–C) groups is 1. The molecule has 0 amide bonds. The monoisotopic (exact) mass is 534 g/mol. The number of allylic oxidation sites excluding steroid dienone is 1. The van der Waals surface area contributed by atoms with Gasteiger partial charge in [0, 0.05) is 16.5 Å². The van der Waals surface area contributed by atoms with E-state index >= 15 is 0 Å². The second-order valence-corrected chi connectivity index (χ2v) is 10.2. The quantitative estimate of drug-likeness (QED) is 0.288. The first kappa shape index (κ1) is 31.4. The number of nitrogens with zero attached hydrogens (tertiary/aromatic N) is 4. The Morgan fingerprint density at radius 2 is 1.22 bits per heavy atom. The van der Waals surface area contributed by atoms with Gasteiger partial charge in [-0.15, -0.1) is 0 Å². The van der Waals surface area contributed by atoms with Crippen LogP contribution in [-0.4, -0.2) is 44.2 Å². The maximum absolute atomic E-state index is 14.8. The van der Waals surface area contributed by atoms with E-state index in [-0.39, 0.29) is 5.71 Å². The molecule has 0 N–H and O–H groups in total. The number of hydrogen-bond donors (Lipinski definition) is 0. The zero-order chi connectivity index (χ0) is 29.6. The zero-order valence-corrected chi connectivity index (χ0v) is 21.2. The van der Waals surface area contributed by atoms with Gasteiger partial charge in [0.25, 0.3) is 0 Å². The van der Waals surface area contributed by atoms with Crippen molar-refractivity contribution in [3.63, 3.8) is 0 Å². The number of alkyl halides is 6. The average Bonchev–Trinajstić information content (AvgIpc) is 2.98. The van der Waals surface area contributed by atoms with Crippen molar-refractivity contribution in [3.8, 4) is 18.2 Å². The number of esters is 2. The molecule has 8 nitrogen and oxygen atoms in total. The molecule has 0 saturated carbocycles. The van der Waals surface area contributed by atoms with E-state index in [0.29, 0.717) is 20.3 Å². The predicted molar refractivity (Wildman–Crippen MR) is 114 cm³/mol. The summed E-state index contributed by atoms with van der Waals surface area (Å²) in [7, 11) is 0.938. The van der Waals surface area contributed by atoms with Crippen molar-refractivity contribution in [2.45, 2.75) is 53.9 Å². The lowest BCUT2D eigenvalue weighted by atomic mass is 9.54. The van der Waals surface area contributed by atoms with Crippen molar-refractivity contribution >= 4 is 17.7 Å². The van der Waals surface area contributed by atoms with Crippen LogP contribution in [0.15, 0.2) is 16.3 Å². The van der Waals surface area contributed by atoms with Crippen molar-refractivity contribution < 1.29 is 45.4 Å². The van der Waals surface area contributed by atoms with Crippen LogP contribution in [0.1, 0.15) is 41.5 Å². The van der Waals surface area contributed by atoms with Crippen LogP contribution in [0, 0.1) is 61.1 Å². The highest BCUT2D eigenvalue weighted by molar-refractivity contribution is 6.02. The number of carbonyl (C=O) groups excluding carboxylic acids is 2. The Balaban J connectivity index is 5.03. The fraction of sp³-hybridized carbons (Fsp3) is 0.652. The van der Waals surface area contributed by atoms with E-state index in [4.69, 9.17) is 0 Å². The van der Waals surface area contributed by atoms with Crippen LogP contribution in [-0.2, 0) is 19.1 Å². The van der Waals surface area contributed by atoms with Crippen LogP contribution in [0.2, 0.25) is 0 Å². The molecule has 37 heavy (non-hydrogen) atoms. The van der Waals surface area contributed by atoms with Gasteiger partial charge in [0.05, 0.1) is 43.7 Å². The van der Waals surface area contributed by atoms with Crippen LogP contribution in [0.5, 0.6) is 0 Å². The Morgan fingerprint density at radius 3 is 1.46 bits per heavy atom. The molecule has 0 aromatic rings. The minimum atomic E-state index is -6.35. The third-order valence-corrected chi connectivity index (χ3v) is 5.93. The summed E-state index contributed by atoms with van der Waals surface area (Å²) in [5.74, 6) is -4.54. The van der Waals surface area contributed by atoms with Crippen molar-refractivity contribution in [1.82, 2.24) is 0 Å². The Kier molecular flexibility index (Phi) is 7.69. The summed E-state index contributed by atoms with van der Waals surface area (Å²) in [5, 5.41) is 29.9. The largest absolute Gasteiger partial charge is 0.468 e. The lowest BCUT2D eigenvalue weighted by Crippen LogP contribution is -2.62. The number of methoxy groups -OCH3 is 2. The standard InChI is InChI=1S/C23H24F6N4O4/c1-17(2,3)14(18(4,5)6)33-13-12(22(24,25)26)20(10-31,23(27,28)29)21(11-32,16(35)37-8)19(13,9-30)15(34)36-7/h1-8H3/t19-,20+,21-/m1/s1. The van der Waals surface area contributed by atoms with E-state index in [2.05, 4.69) is 14.5 Å². The molecular weight excluding hydrogens is 510 g/mol. The van der Waals surface area contributed by atoms with Gasteiger partial charge < -0.3 is 9.47 Å². The fourth-order valence-electron chi connectivity index (χ4n) is 4.89. The summed E-state index contributed by atoms with van der Waals surface area (Å²) in [5.41, 5.74) is -21.0. The van der Waals surface area contributed by atoms with Crippen LogP contribution in [0.25, 0.3) is 0 Å². The summed E-state index contributed by atoms with van der Waals surface area (Å²) in [6.45, 7) is 8.70. The van der Waals surface area contributed by atoms with Gasteiger partial charge in [-0.3, -0.25) is 9.79 Å². The van der Waals surface area contributed by atoms with Crippen LogP contribution in [0.3, 0.4) is 0 Å². The van der Waals surface area contributed by atoms with Gasteiger partial charge in [-0.2, -0.15) is 42.1 Å². The molecule has 0 aromatic heterocycles. The molecule has 0 aliphatic heterocycles. The Bertz CT molecular complexity index is 1170. The van der Waals surface area contributed by atoms with Gasteiger partial charge >= 0.3 is 24.3 Å². The first-order valence-corrected chi connectivity index (χ1v) is 10.4. The lowest BCUT2D eigenvalue weighted by Gasteiger charge is -2.41. The van der Waals surface area contributed by atoms with Gasteiger partial charge in [0.2, 0.25) is 16.2 Å². The summed E-state index contributed by atoms with van der Waals surface area (Å²) in [6, 6.07) is 2.18. The van der Waals surface area contributed by atoms with Crippen LogP contribution in [0.4, 0.5) is 26.3 Å². The third kappa shape index (κ3) is 4.01. The van der Waals surface area contributed by atoms with E-state index in [1.54, 1.807) is 0 Å². The molecule has 0 radical (unpaired) electrons. The Hall–Kier alpha value is -3.60. The molecule has 0 unspecified atom stereocenters. The van der Waals surface area contributed by atoms with Crippen LogP contribution >= 0.6 is 0 Å². The molecule has 0 heterocycles. The molecule has 0 spiro atoms. The number of halogens is 6. The number of ether oxygens (including phenoxy) is 2. The van der Waals surface area contributed by atoms with Crippen molar-refractivity contribution in [2.75, 3.05) is 14.2 Å². The highest BCUT2D eigenvalue weighted by atomic mass is 19.4. The second-order valence-electron chi connectivity index (χ2n) is 10.2. The molecule has 0 bridgehead atoms. The Labute approximate surface area is 209 Å². The second kappa shape index (κ2) is 9.05. The maximum Gasteiger partial charge on any atom is 0.416 e. The van der Waals surface area contributed by atoms with Gasteiger partial charge in [-0.1, -0.05) is 41.5 Å². The highest BCUT2D eigenvalue weighted by Crippen LogP contribution is 2.73. The molecule has 1 rings (SSSR count). The summed E-state index contributed by atoms with van der Waals surface area (Å²) < 4.78 is 97.0. The van der Waals surface area contributed by atoms with Gasteiger partial charge in [-0.25, -0.2) is 4.79 Å². The molecule has 0 fully saturated rings. The van der Waals surface area contributed by atoms with Crippen molar-refractivity contribution in [2.24, 2.45) is 32.1 Å². The molecule has 1 aliphatic rings. The summed E-state index contributed by atoms with van der Waals surface area (Å²) in [6.07, 6.45) is -12.5. The fourth-order valence-corrected chi connectivity index (χ4v) is 4.89. The van der Waals surface area contributed by atoms with Crippen molar-refractivity contribution in [3.05, 3.63) is 11.3 Å². The minimum Gasteiger partial charge on any atom is -0.468 e. The summed E-state index contributed by atoms with van der Waals surface area (Å²) >= 11 is 0. The lowest BCUT2D eigenvalue weighted by molar-refractivity contribution is -0.242. The molecule has 0 saturated heterocycles. The molecule has 3 atom stereocenters. The van der Waals surface area contributed by atoms with Gasteiger partial charge in [0.1, 0.15) is 0 Å². The Morgan fingerprint density at radius 1 is 0.784 bits per heavy atom. The SMILES string of the molecule is COC(=O)[C@@]1(C#N)C(N=C(C(C)(C)C)C(C)(C)C)=C(C(F)(F)F)[C@](C#N)(C(F)(F)F)[C@]1(C#N)C(=O)OC. The first-order chi connectivity index (χ1) is 16.5. The normalized spacial score (nSPS) is 26.5. The molecule has 1 aliphatic carbocycles. The van der Waals surface area contributed by atoms with Crippen LogP contribution < -0.4 is 0 Å².